The molecule has 0 atom stereocenters. The van der Waals surface area contributed by atoms with Crippen LogP contribution in [0.3, 0.4) is 0 Å². The van der Waals surface area contributed by atoms with Crippen molar-refractivity contribution >= 4 is 17.0 Å². The predicted octanol–water partition coefficient (Wildman–Crippen LogP) is -2.48. The highest BCUT2D eigenvalue weighted by atomic mass is 32.2. The lowest BCUT2D eigenvalue weighted by molar-refractivity contribution is 0.111. The van der Waals surface area contributed by atoms with Crippen molar-refractivity contribution in [3.8, 4) is 0 Å². The Morgan fingerprint density at radius 3 is 2.25 bits per heavy atom. The normalized spacial score (nSPS) is 10.3. The van der Waals surface area contributed by atoms with E-state index in [9.17, 15) is 13.2 Å². The second-order valence-electron chi connectivity index (χ2n) is 1.87. The smallest absolute Gasteiger partial charge is 0.421 e. The van der Waals surface area contributed by atoms with Crippen LogP contribution < -0.4 is 16.2 Å². The van der Waals surface area contributed by atoms with E-state index in [1.807, 2.05) is 0 Å². The summed E-state index contributed by atoms with van der Waals surface area (Å²) in [6.07, 6.45) is -1.72. The molecule has 0 aromatic carbocycles. The Kier molecular flexibility index (Phi) is 5.34. The third kappa shape index (κ3) is 4.88. The molecular formula is C4H11N3O4S. The number of rotatable bonds is 4. The average Bonchev–Trinajstić information content (AvgIpc) is 1.98. The molecule has 0 aromatic rings. The monoisotopic (exact) mass is 197 g/mol. The van der Waals surface area contributed by atoms with E-state index in [1.165, 1.54) is 4.72 Å². The van der Waals surface area contributed by atoms with Crippen LogP contribution in [-0.4, -0.2) is 33.7 Å². The van der Waals surface area contributed by atoms with Gasteiger partial charge in [0.15, 0.2) is 0 Å². The van der Waals surface area contributed by atoms with E-state index < -0.39 is 23.1 Å². The molecular weight excluding hydrogens is 186 g/mol. The van der Waals surface area contributed by atoms with E-state index in [4.69, 9.17) is 11.5 Å². The summed E-state index contributed by atoms with van der Waals surface area (Å²) in [5, 5.41) is 0. The van der Waals surface area contributed by atoms with E-state index in [1.54, 1.807) is 0 Å². The molecule has 0 aromatic heterocycles. The number of hydrogen-bond acceptors (Lipinski definition) is 6. The first-order valence-electron chi connectivity index (χ1n) is 3.12. The van der Waals surface area contributed by atoms with Crippen molar-refractivity contribution < 1.29 is 17.9 Å². The molecule has 8 heteroatoms. The first kappa shape index (κ1) is 11.1. The fraction of sp³-hybridized carbons (Fsp3) is 0.750. The molecule has 0 aliphatic heterocycles. The van der Waals surface area contributed by atoms with Crippen molar-refractivity contribution in [3.05, 3.63) is 0 Å². The molecule has 0 bridgehead atoms. The van der Waals surface area contributed by atoms with E-state index in [-0.39, 0.29) is 13.1 Å². The Labute approximate surface area is 71.1 Å². The molecule has 72 valence electrons. The average molecular weight is 197 g/mol. The third-order valence-electron chi connectivity index (χ3n) is 0.982. The first-order valence-corrected chi connectivity index (χ1v) is 4.29. The summed E-state index contributed by atoms with van der Waals surface area (Å²) in [5.41, 5.74) is 10.3. The summed E-state index contributed by atoms with van der Waals surface area (Å²) in [6, 6.07) is 0. The van der Waals surface area contributed by atoms with Gasteiger partial charge in [0.25, 0.3) is 0 Å². The topological polar surface area (TPSA) is 125 Å². The Morgan fingerprint density at radius 1 is 1.42 bits per heavy atom. The van der Waals surface area contributed by atoms with Crippen molar-refractivity contribution in [3.63, 3.8) is 0 Å². The maximum Gasteiger partial charge on any atom is 0.421 e. The third-order valence-corrected chi connectivity index (χ3v) is 1.35. The van der Waals surface area contributed by atoms with Crippen LogP contribution in [0.4, 0.5) is 4.79 Å². The SMILES string of the molecule is NCC(CN)OC(=O)N[SH](=O)=O. The van der Waals surface area contributed by atoms with Gasteiger partial charge < -0.3 is 16.2 Å². The summed E-state index contributed by atoms with van der Waals surface area (Å²) in [4.78, 5) is 10.6. The molecule has 0 saturated carbocycles. The molecule has 0 fully saturated rings. The van der Waals surface area contributed by atoms with E-state index in [0.29, 0.717) is 0 Å². The second kappa shape index (κ2) is 5.75. The molecule has 0 heterocycles. The van der Waals surface area contributed by atoms with Crippen LogP contribution in [0.1, 0.15) is 0 Å². The summed E-state index contributed by atoms with van der Waals surface area (Å²) in [6.45, 7) is 0.110. The van der Waals surface area contributed by atoms with Gasteiger partial charge in [-0.25, -0.2) is 17.9 Å². The molecule has 0 saturated heterocycles. The van der Waals surface area contributed by atoms with Crippen LogP contribution in [0.25, 0.3) is 0 Å². The van der Waals surface area contributed by atoms with Gasteiger partial charge in [-0.05, 0) is 0 Å². The lowest BCUT2D eigenvalue weighted by Crippen LogP contribution is -2.37. The van der Waals surface area contributed by atoms with E-state index >= 15 is 0 Å². The van der Waals surface area contributed by atoms with Gasteiger partial charge in [-0.15, -0.1) is 0 Å². The number of hydrogen-bond donors (Lipinski definition) is 4. The van der Waals surface area contributed by atoms with Gasteiger partial charge >= 0.3 is 6.09 Å². The predicted molar refractivity (Wildman–Crippen MR) is 41.8 cm³/mol. The zero-order valence-electron chi connectivity index (χ0n) is 6.23. The van der Waals surface area contributed by atoms with Gasteiger partial charge in [0.2, 0.25) is 10.9 Å². The number of nitrogens with two attached hydrogens (primary N) is 2. The quantitative estimate of drug-likeness (QED) is 0.370. The molecule has 5 N–H and O–H groups in total. The maximum atomic E-state index is 10.6. The zero-order chi connectivity index (χ0) is 9.56. The fourth-order valence-corrected chi connectivity index (χ4v) is 0.646. The van der Waals surface area contributed by atoms with Gasteiger partial charge in [0, 0.05) is 13.1 Å². The number of carbonyl (C=O) groups excluding carboxylic acids is 1. The summed E-state index contributed by atoms with van der Waals surface area (Å²) < 4.78 is 25.9. The molecule has 1 amide bonds. The summed E-state index contributed by atoms with van der Waals surface area (Å²) >= 11 is 0. The van der Waals surface area contributed by atoms with E-state index in [2.05, 4.69) is 4.74 Å². The Balaban J connectivity index is 3.81. The minimum Gasteiger partial charge on any atom is -0.443 e. The van der Waals surface area contributed by atoms with Crippen molar-refractivity contribution in [1.29, 1.82) is 0 Å². The van der Waals surface area contributed by atoms with Gasteiger partial charge in [-0.3, -0.25) is 0 Å². The summed E-state index contributed by atoms with van der Waals surface area (Å²) in [5.74, 6) is 0. The van der Waals surface area contributed by atoms with Gasteiger partial charge in [0.1, 0.15) is 6.10 Å². The van der Waals surface area contributed by atoms with Gasteiger partial charge in [-0.2, -0.15) is 0 Å². The maximum absolute atomic E-state index is 10.6. The van der Waals surface area contributed by atoms with Crippen molar-refractivity contribution in [2.24, 2.45) is 11.5 Å². The number of nitrogens with one attached hydrogen (secondary N) is 1. The van der Waals surface area contributed by atoms with Crippen LogP contribution in [0.5, 0.6) is 0 Å². The molecule has 12 heavy (non-hydrogen) atoms. The van der Waals surface area contributed by atoms with Crippen LogP contribution in [0.15, 0.2) is 0 Å². The lowest BCUT2D eigenvalue weighted by atomic mass is 10.4. The zero-order valence-corrected chi connectivity index (χ0v) is 7.12. The molecule has 0 radical (unpaired) electrons. The van der Waals surface area contributed by atoms with Gasteiger partial charge in [-0.1, -0.05) is 0 Å². The highest BCUT2D eigenvalue weighted by molar-refractivity contribution is 7.70. The molecule has 7 nitrogen and oxygen atoms in total. The number of carbonyl (C=O) groups is 1. The molecule has 0 unspecified atom stereocenters. The molecule has 0 spiro atoms. The summed E-state index contributed by atoms with van der Waals surface area (Å²) in [7, 11) is -2.99. The lowest BCUT2D eigenvalue weighted by Gasteiger charge is -2.11. The van der Waals surface area contributed by atoms with Crippen molar-refractivity contribution in [2.75, 3.05) is 13.1 Å². The highest BCUT2D eigenvalue weighted by Gasteiger charge is 2.10. The van der Waals surface area contributed by atoms with Gasteiger partial charge in [0.05, 0.1) is 0 Å². The Morgan fingerprint density at radius 2 is 1.92 bits per heavy atom. The Bertz CT molecular complexity index is 204. The van der Waals surface area contributed by atoms with Crippen LogP contribution >= 0.6 is 0 Å². The molecule has 0 rings (SSSR count). The largest absolute Gasteiger partial charge is 0.443 e. The molecule has 0 aliphatic carbocycles. The minimum atomic E-state index is -2.99. The standard InChI is InChI=1S/C4H11N3O4S/c5-1-3(2-6)11-4(8)7-12(9)10/h3,12H,1-2,5-6H2,(H,7,8,9,10). The number of ether oxygens (including phenoxy) is 1. The highest BCUT2D eigenvalue weighted by Crippen LogP contribution is 1.86. The van der Waals surface area contributed by atoms with Crippen LogP contribution in [0.2, 0.25) is 0 Å². The molecule has 0 aliphatic rings. The van der Waals surface area contributed by atoms with Crippen LogP contribution in [0, 0.1) is 0 Å². The fourth-order valence-electron chi connectivity index (χ4n) is 0.445. The van der Waals surface area contributed by atoms with Crippen LogP contribution in [-0.2, 0) is 15.6 Å². The minimum absolute atomic E-state index is 0.0551. The number of amides is 1. The number of thiol groups is 1. The van der Waals surface area contributed by atoms with E-state index in [0.717, 1.165) is 0 Å². The second-order valence-corrected chi connectivity index (χ2v) is 2.61. The first-order chi connectivity index (χ1) is 5.60. The van der Waals surface area contributed by atoms with Crippen molar-refractivity contribution in [2.45, 2.75) is 6.10 Å². The van der Waals surface area contributed by atoms with Crippen molar-refractivity contribution in [1.82, 2.24) is 4.72 Å². The Hall–Kier alpha value is -0.860.